The summed E-state index contributed by atoms with van der Waals surface area (Å²) in [5, 5.41) is 0. The first-order valence-electron chi connectivity index (χ1n) is 11.9. The van der Waals surface area contributed by atoms with Crippen LogP contribution in [0, 0.1) is 30.6 Å². The molecule has 0 spiro atoms. The predicted molar refractivity (Wildman–Crippen MR) is 121 cm³/mol. The lowest BCUT2D eigenvalue weighted by atomic mass is 9.71. The highest BCUT2D eigenvalue weighted by atomic mass is 16.5. The molecule has 3 atom stereocenters. The zero-order chi connectivity index (χ0) is 19.9. The third-order valence-electron chi connectivity index (χ3n) is 7.17. The number of aryl methyl sites for hydroxylation is 1. The van der Waals surface area contributed by atoms with Crippen LogP contribution in [0.1, 0.15) is 89.2 Å². The summed E-state index contributed by atoms with van der Waals surface area (Å²) < 4.78 is 6.13. The Bertz CT molecular complexity index is 591. The van der Waals surface area contributed by atoms with Gasteiger partial charge in [-0.3, -0.25) is 0 Å². The normalized spacial score (nSPS) is 29.2. The van der Waals surface area contributed by atoms with Crippen LogP contribution in [-0.2, 0) is 4.74 Å². The van der Waals surface area contributed by atoms with Crippen molar-refractivity contribution in [2.24, 2.45) is 23.7 Å². The van der Waals surface area contributed by atoms with Crippen molar-refractivity contribution in [3.8, 4) is 0 Å². The number of benzene rings is 1. The Balaban J connectivity index is 1.39. The maximum absolute atomic E-state index is 6.13. The van der Waals surface area contributed by atoms with Gasteiger partial charge in [-0.05, 0) is 94.4 Å². The second kappa shape index (κ2) is 10.6. The van der Waals surface area contributed by atoms with Gasteiger partial charge in [-0.1, -0.05) is 55.8 Å². The highest BCUT2D eigenvalue weighted by Gasteiger charge is 2.29. The lowest BCUT2D eigenvalue weighted by Crippen LogP contribution is -2.24. The van der Waals surface area contributed by atoms with Crippen molar-refractivity contribution in [3.63, 3.8) is 0 Å². The molecule has 28 heavy (non-hydrogen) atoms. The van der Waals surface area contributed by atoms with Gasteiger partial charge >= 0.3 is 0 Å². The molecular formula is C27H42O. The first-order chi connectivity index (χ1) is 13.5. The number of ether oxygens (including phenoxy) is 1. The van der Waals surface area contributed by atoms with E-state index in [0.717, 1.165) is 30.3 Å². The number of hydrogen-bond donors (Lipinski definition) is 0. The van der Waals surface area contributed by atoms with Gasteiger partial charge in [-0.2, -0.15) is 0 Å². The molecule has 0 aliphatic heterocycles. The van der Waals surface area contributed by atoms with E-state index in [-0.39, 0.29) is 0 Å². The molecule has 3 unspecified atom stereocenters. The monoisotopic (exact) mass is 382 g/mol. The molecule has 1 aromatic carbocycles. The van der Waals surface area contributed by atoms with Crippen molar-refractivity contribution in [2.75, 3.05) is 6.61 Å². The fraction of sp³-hybridized carbons (Fsp3) is 0.704. The van der Waals surface area contributed by atoms with Gasteiger partial charge in [0.2, 0.25) is 0 Å². The van der Waals surface area contributed by atoms with Gasteiger partial charge in [0.05, 0.1) is 12.7 Å². The van der Waals surface area contributed by atoms with Gasteiger partial charge < -0.3 is 4.74 Å². The van der Waals surface area contributed by atoms with Gasteiger partial charge in [0.1, 0.15) is 0 Å². The van der Waals surface area contributed by atoms with E-state index < -0.39 is 0 Å². The Morgan fingerprint density at radius 3 is 2.18 bits per heavy atom. The quantitative estimate of drug-likeness (QED) is 0.419. The smallest absolute Gasteiger partial charge is 0.0547 e. The minimum Gasteiger partial charge on any atom is -0.378 e. The van der Waals surface area contributed by atoms with Crippen LogP contribution >= 0.6 is 0 Å². The van der Waals surface area contributed by atoms with E-state index in [0.29, 0.717) is 12.0 Å². The Kier molecular flexibility index (Phi) is 8.21. The van der Waals surface area contributed by atoms with Crippen molar-refractivity contribution >= 4 is 0 Å². The largest absolute Gasteiger partial charge is 0.378 e. The van der Waals surface area contributed by atoms with Crippen molar-refractivity contribution in [1.82, 2.24) is 0 Å². The van der Waals surface area contributed by atoms with Crippen molar-refractivity contribution < 1.29 is 4.74 Å². The van der Waals surface area contributed by atoms with Crippen LogP contribution in [0.25, 0.3) is 0 Å². The second-order valence-corrected chi connectivity index (χ2v) is 10.0. The first-order valence-corrected chi connectivity index (χ1v) is 11.9. The predicted octanol–water partition coefficient (Wildman–Crippen LogP) is 7.69. The van der Waals surface area contributed by atoms with Gasteiger partial charge in [0, 0.05) is 5.92 Å². The van der Waals surface area contributed by atoms with E-state index in [9.17, 15) is 0 Å². The minimum atomic E-state index is 0.408. The summed E-state index contributed by atoms with van der Waals surface area (Å²) in [5.41, 5.74) is 2.93. The molecule has 0 aromatic heterocycles. The van der Waals surface area contributed by atoms with E-state index in [4.69, 9.17) is 4.74 Å². The fourth-order valence-electron chi connectivity index (χ4n) is 5.09. The van der Waals surface area contributed by atoms with E-state index >= 15 is 0 Å². The molecule has 1 aromatic rings. The molecule has 156 valence electrons. The van der Waals surface area contributed by atoms with Crippen molar-refractivity contribution in [2.45, 2.75) is 91.1 Å². The third kappa shape index (κ3) is 6.48. The topological polar surface area (TPSA) is 9.23 Å². The van der Waals surface area contributed by atoms with Crippen LogP contribution in [0.15, 0.2) is 36.4 Å². The third-order valence-corrected chi connectivity index (χ3v) is 7.17. The molecule has 0 amide bonds. The Morgan fingerprint density at radius 1 is 0.857 bits per heavy atom. The minimum absolute atomic E-state index is 0.408. The molecular weight excluding hydrogens is 340 g/mol. The van der Waals surface area contributed by atoms with Crippen molar-refractivity contribution in [3.05, 3.63) is 47.5 Å². The summed E-state index contributed by atoms with van der Waals surface area (Å²) in [6, 6.07) is 9.26. The van der Waals surface area contributed by atoms with Gasteiger partial charge in [-0.15, -0.1) is 0 Å². The van der Waals surface area contributed by atoms with Crippen LogP contribution in [-0.4, -0.2) is 12.7 Å². The average molecular weight is 383 g/mol. The molecule has 0 saturated heterocycles. The second-order valence-electron chi connectivity index (χ2n) is 10.0. The molecule has 1 fully saturated rings. The summed E-state index contributed by atoms with van der Waals surface area (Å²) >= 11 is 0. The van der Waals surface area contributed by atoms with Gasteiger partial charge in [0.25, 0.3) is 0 Å². The highest BCUT2D eigenvalue weighted by Crippen LogP contribution is 2.42. The number of allylic oxidation sites excluding steroid dienone is 1. The Labute approximate surface area is 174 Å². The van der Waals surface area contributed by atoms with E-state index in [1.807, 2.05) is 0 Å². The first kappa shape index (κ1) is 21.6. The molecule has 0 radical (unpaired) electrons. The van der Waals surface area contributed by atoms with Crippen LogP contribution < -0.4 is 0 Å². The van der Waals surface area contributed by atoms with Crippen LogP contribution in [0.2, 0.25) is 0 Å². The molecule has 0 N–H and O–H groups in total. The van der Waals surface area contributed by atoms with E-state index in [2.05, 4.69) is 64.1 Å². The molecule has 1 nitrogen and oxygen atoms in total. The Hall–Kier alpha value is -1.08. The summed E-state index contributed by atoms with van der Waals surface area (Å²) in [6.07, 6.45) is 16.1. The number of rotatable bonds is 8. The van der Waals surface area contributed by atoms with Gasteiger partial charge in [-0.25, -0.2) is 0 Å². The summed E-state index contributed by atoms with van der Waals surface area (Å²) in [6.45, 7) is 9.93. The SMILES string of the molecule is Cc1ccc(C2CCC(C3C=CC(COC(C)CCC(C)C)CC3)CC2)cc1. The standard InChI is InChI=1S/C27H42O/c1-20(2)5-8-22(4)28-19-23-9-13-25(14-10-23)27-17-15-26(16-18-27)24-11-6-21(3)7-12-24/h6-7,9,11-13,20,22-23,25-27H,5,8,10,14-19H2,1-4H3. The van der Waals surface area contributed by atoms with Crippen LogP contribution in [0.4, 0.5) is 0 Å². The highest BCUT2D eigenvalue weighted by molar-refractivity contribution is 5.25. The molecule has 1 heteroatoms. The van der Waals surface area contributed by atoms with Crippen molar-refractivity contribution in [1.29, 1.82) is 0 Å². The summed E-state index contributed by atoms with van der Waals surface area (Å²) in [4.78, 5) is 0. The number of hydrogen-bond acceptors (Lipinski definition) is 1. The molecule has 0 bridgehead atoms. The van der Waals surface area contributed by atoms with Crippen LogP contribution in [0.5, 0.6) is 0 Å². The lowest BCUT2D eigenvalue weighted by Gasteiger charge is -2.35. The molecule has 2 aliphatic carbocycles. The molecule has 0 heterocycles. The maximum Gasteiger partial charge on any atom is 0.0547 e. The van der Waals surface area contributed by atoms with Gasteiger partial charge in [0.15, 0.2) is 0 Å². The average Bonchev–Trinajstić information content (AvgIpc) is 2.72. The molecule has 2 aliphatic rings. The fourth-order valence-corrected chi connectivity index (χ4v) is 5.09. The zero-order valence-electron chi connectivity index (χ0n) is 18.7. The zero-order valence-corrected chi connectivity index (χ0v) is 18.7. The van der Waals surface area contributed by atoms with E-state index in [1.54, 1.807) is 5.56 Å². The molecule has 3 rings (SSSR count). The van der Waals surface area contributed by atoms with E-state index in [1.165, 1.54) is 56.9 Å². The summed E-state index contributed by atoms with van der Waals surface area (Å²) in [7, 11) is 0. The maximum atomic E-state index is 6.13. The van der Waals surface area contributed by atoms with Crippen LogP contribution in [0.3, 0.4) is 0 Å². The lowest BCUT2D eigenvalue weighted by molar-refractivity contribution is 0.0367. The molecule has 1 saturated carbocycles. The summed E-state index contributed by atoms with van der Waals surface area (Å²) in [5.74, 6) is 3.93. The Morgan fingerprint density at radius 2 is 1.57 bits per heavy atom.